The van der Waals surface area contributed by atoms with Crippen LogP contribution in [0.2, 0.25) is 18.1 Å². The fourth-order valence-electron chi connectivity index (χ4n) is 2.13. The predicted octanol–water partition coefficient (Wildman–Crippen LogP) is 3.70. The lowest BCUT2D eigenvalue weighted by Crippen LogP contribution is -2.46. The molecule has 0 saturated heterocycles. The third kappa shape index (κ3) is 2.83. The largest absolute Gasteiger partial charge is 0.103 e. The lowest BCUT2D eigenvalue weighted by molar-refractivity contribution is 1.38. The first-order chi connectivity index (χ1) is 7.79. The SMILES string of the molecule is C=CC[Si](CC=C)(CC=C)c1[c]cccc1. The van der Waals surface area contributed by atoms with E-state index in [0.29, 0.717) is 0 Å². The van der Waals surface area contributed by atoms with Gasteiger partial charge in [-0.25, -0.2) is 0 Å². The molecule has 0 bridgehead atoms. The molecule has 0 aliphatic heterocycles. The average Bonchev–Trinajstić information content (AvgIpc) is 2.31. The van der Waals surface area contributed by atoms with Crippen LogP contribution in [0.15, 0.2) is 62.2 Å². The Morgan fingerprint density at radius 1 is 1.00 bits per heavy atom. The zero-order valence-corrected chi connectivity index (χ0v) is 10.8. The molecule has 1 aromatic carbocycles. The molecule has 0 spiro atoms. The molecule has 1 radical (unpaired) electrons. The van der Waals surface area contributed by atoms with Crippen molar-refractivity contribution in [2.24, 2.45) is 0 Å². The van der Waals surface area contributed by atoms with Crippen molar-refractivity contribution in [3.8, 4) is 0 Å². The number of rotatable bonds is 7. The van der Waals surface area contributed by atoms with Gasteiger partial charge in [-0.3, -0.25) is 0 Å². The van der Waals surface area contributed by atoms with Crippen molar-refractivity contribution >= 4 is 13.3 Å². The van der Waals surface area contributed by atoms with E-state index in [4.69, 9.17) is 0 Å². The Bertz CT molecular complexity index is 324. The van der Waals surface area contributed by atoms with Crippen LogP contribution in [-0.4, -0.2) is 8.07 Å². The van der Waals surface area contributed by atoms with Crippen LogP contribution in [0.5, 0.6) is 0 Å². The average molecular weight is 227 g/mol. The van der Waals surface area contributed by atoms with Crippen molar-refractivity contribution in [2.75, 3.05) is 0 Å². The minimum atomic E-state index is -1.58. The molecule has 1 heteroatoms. The molecule has 0 saturated carbocycles. The summed E-state index contributed by atoms with van der Waals surface area (Å²) in [5.41, 5.74) is 0. The van der Waals surface area contributed by atoms with Gasteiger partial charge < -0.3 is 0 Å². The summed E-state index contributed by atoms with van der Waals surface area (Å²) in [6.45, 7) is 11.7. The summed E-state index contributed by atoms with van der Waals surface area (Å²) in [7, 11) is -1.58. The summed E-state index contributed by atoms with van der Waals surface area (Å²) >= 11 is 0. The smallest absolute Gasteiger partial charge is 0.0985 e. The van der Waals surface area contributed by atoms with Crippen LogP contribution in [0.1, 0.15) is 0 Å². The Morgan fingerprint density at radius 3 is 1.94 bits per heavy atom. The second kappa shape index (κ2) is 6.29. The van der Waals surface area contributed by atoms with Crippen LogP contribution in [0.3, 0.4) is 0 Å². The summed E-state index contributed by atoms with van der Waals surface area (Å²) < 4.78 is 0. The number of hydrogen-bond donors (Lipinski definition) is 0. The molecule has 0 fully saturated rings. The van der Waals surface area contributed by atoms with E-state index in [0.717, 1.165) is 18.1 Å². The van der Waals surface area contributed by atoms with Gasteiger partial charge in [-0.05, 0) is 24.2 Å². The van der Waals surface area contributed by atoms with E-state index < -0.39 is 8.07 Å². The van der Waals surface area contributed by atoms with E-state index >= 15 is 0 Å². The maximum atomic E-state index is 3.89. The Kier molecular flexibility index (Phi) is 5.00. The van der Waals surface area contributed by atoms with Crippen molar-refractivity contribution < 1.29 is 0 Å². The molecule has 0 aliphatic carbocycles. The van der Waals surface area contributed by atoms with Gasteiger partial charge >= 0.3 is 0 Å². The van der Waals surface area contributed by atoms with Crippen molar-refractivity contribution in [1.82, 2.24) is 0 Å². The molecule has 0 unspecified atom stereocenters. The van der Waals surface area contributed by atoms with Gasteiger partial charge in [0.15, 0.2) is 0 Å². The first-order valence-corrected chi connectivity index (χ1v) is 8.21. The third-order valence-corrected chi connectivity index (χ3v) is 7.55. The molecule has 0 N–H and O–H groups in total. The van der Waals surface area contributed by atoms with Gasteiger partial charge in [0, 0.05) is 0 Å². The predicted molar refractivity (Wildman–Crippen MR) is 75.7 cm³/mol. The minimum Gasteiger partial charge on any atom is -0.103 e. The molecule has 1 aromatic rings. The lowest BCUT2D eigenvalue weighted by Gasteiger charge is -2.28. The van der Waals surface area contributed by atoms with Gasteiger partial charge in [0.25, 0.3) is 0 Å². The normalized spacial score (nSPS) is 10.8. The molecule has 83 valence electrons. The summed E-state index contributed by atoms with van der Waals surface area (Å²) in [5.74, 6) is 0. The van der Waals surface area contributed by atoms with E-state index in [9.17, 15) is 0 Å². The van der Waals surface area contributed by atoms with Gasteiger partial charge in [-0.2, -0.15) is 0 Å². The molecular weight excluding hydrogens is 208 g/mol. The zero-order chi connectivity index (χ0) is 11.9. The van der Waals surface area contributed by atoms with E-state index in [2.05, 4.69) is 37.9 Å². The maximum absolute atomic E-state index is 3.89. The summed E-state index contributed by atoms with van der Waals surface area (Å²) in [6, 6.07) is 14.8. The lowest BCUT2D eigenvalue weighted by atomic mass is 10.4. The van der Waals surface area contributed by atoms with Crippen molar-refractivity contribution in [3.63, 3.8) is 0 Å². The monoisotopic (exact) mass is 227 g/mol. The van der Waals surface area contributed by atoms with Crippen molar-refractivity contribution in [1.29, 1.82) is 0 Å². The highest BCUT2D eigenvalue weighted by Gasteiger charge is 2.30. The topological polar surface area (TPSA) is 0 Å². The molecule has 0 aromatic heterocycles. The Hall–Kier alpha value is -1.34. The van der Waals surface area contributed by atoms with E-state index in [1.165, 1.54) is 5.19 Å². The number of allylic oxidation sites excluding steroid dienone is 3. The maximum Gasteiger partial charge on any atom is 0.0985 e. The third-order valence-electron chi connectivity index (χ3n) is 2.89. The summed E-state index contributed by atoms with van der Waals surface area (Å²) in [4.78, 5) is 0. The van der Waals surface area contributed by atoms with Gasteiger partial charge in [-0.15, -0.1) is 19.7 Å². The standard InChI is InChI=1S/C15H19Si/c1-4-12-16(13-5-2,14-6-3)15-10-8-7-9-11-15/h4-10H,1-3,12-14H2. The van der Waals surface area contributed by atoms with Crippen LogP contribution in [0, 0.1) is 6.07 Å². The van der Waals surface area contributed by atoms with Crippen LogP contribution in [-0.2, 0) is 0 Å². The van der Waals surface area contributed by atoms with Gasteiger partial charge in [-0.1, -0.05) is 47.7 Å². The molecular formula is C15H19Si. The van der Waals surface area contributed by atoms with E-state index in [1.807, 2.05) is 30.4 Å². The fraction of sp³-hybridized carbons (Fsp3) is 0.200. The highest BCUT2D eigenvalue weighted by molar-refractivity contribution is 6.92. The Balaban J connectivity index is 3.13. The second-order valence-corrected chi connectivity index (χ2v) is 8.36. The van der Waals surface area contributed by atoms with E-state index in [1.54, 1.807) is 0 Å². The quantitative estimate of drug-likeness (QED) is 0.492. The highest BCUT2D eigenvalue weighted by Crippen LogP contribution is 2.22. The zero-order valence-electron chi connectivity index (χ0n) is 9.78. The van der Waals surface area contributed by atoms with Crippen LogP contribution >= 0.6 is 0 Å². The molecule has 0 nitrogen and oxygen atoms in total. The number of benzene rings is 1. The van der Waals surface area contributed by atoms with Crippen LogP contribution < -0.4 is 5.19 Å². The van der Waals surface area contributed by atoms with Gasteiger partial charge in [0.05, 0.1) is 8.07 Å². The second-order valence-electron chi connectivity index (χ2n) is 4.03. The fourth-order valence-corrected chi connectivity index (χ4v) is 5.79. The van der Waals surface area contributed by atoms with Gasteiger partial charge in [0.1, 0.15) is 0 Å². The van der Waals surface area contributed by atoms with Crippen molar-refractivity contribution in [3.05, 3.63) is 68.3 Å². The van der Waals surface area contributed by atoms with E-state index in [-0.39, 0.29) is 0 Å². The Labute approximate surface area is 100 Å². The van der Waals surface area contributed by atoms with Gasteiger partial charge in [0.2, 0.25) is 0 Å². The highest BCUT2D eigenvalue weighted by atomic mass is 28.3. The van der Waals surface area contributed by atoms with Crippen LogP contribution in [0.25, 0.3) is 0 Å². The molecule has 0 amide bonds. The number of hydrogen-bond acceptors (Lipinski definition) is 0. The molecule has 16 heavy (non-hydrogen) atoms. The first-order valence-electron chi connectivity index (χ1n) is 5.59. The molecule has 0 heterocycles. The minimum absolute atomic E-state index is 1.06. The van der Waals surface area contributed by atoms with Crippen molar-refractivity contribution in [2.45, 2.75) is 18.1 Å². The Morgan fingerprint density at radius 2 is 1.56 bits per heavy atom. The molecule has 1 rings (SSSR count). The van der Waals surface area contributed by atoms with Crippen LogP contribution in [0.4, 0.5) is 0 Å². The molecule has 0 atom stereocenters. The summed E-state index contributed by atoms with van der Waals surface area (Å²) in [5, 5.41) is 1.36. The molecule has 0 aliphatic rings. The summed E-state index contributed by atoms with van der Waals surface area (Å²) in [6.07, 6.45) is 6.08. The first kappa shape index (κ1) is 12.7.